The Balaban J connectivity index is 2.01. The standard InChI is InChI=1S/C15H20ClNO2/c1-10(2)13(18)9-14(19)17-15(6-7-15)11-4-3-5-12(16)8-11/h3-5,8,10,13,18H,6-7,9H2,1-2H3,(H,17,19). The molecule has 3 nitrogen and oxygen atoms in total. The number of carbonyl (C=O) groups excluding carboxylic acids is 1. The second-order valence-electron chi connectivity index (χ2n) is 5.66. The van der Waals surface area contributed by atoms with Crippen LogP contribution in [0.3, 0.4) is 0 Å². The van der Waals surface area contributed by atoms with Crippen molar-refractivity contribution in [3.05, 3.63) is 34.9 Å². The molecule has 1 unspecified atom stereocenters. The van der Waals surface area contributed by atoms with Crippen LogP contribution >= 0.6 is 11.6 Å². The van der Waals surface area contributed by atoms with Crippen molar-refractivity contribution in [2.45, 2.75) is 44.8 Å². The summed E-state index contributed by atoms with van der Waals surface area (Å²) in [6.07, 6.45) is 1.42. The molecule has 2 N–H and O–H groups in total. The van der Waals surface area contributed by atoms with Crippen LogP contribution in [0, 0.1) is 5.92 Å². The Kier molecular flexibility index (Phi) is 4.16. The van der Waals surface area contributed by atoms with Crippen molar-refractivity contribution in [3.8, 4) is 0 Å². The number of carbonyl (C=O) groups is 1. The summed E-state index contributed by atoms with van der Waals surface area (Å²) >= 11 is 5.99. The molecule has 1 fully saturated rings. The summed E-state index contributed by atoms with van der Waals surface area (Å²) in [4.78, 5) is 12.0. The number of hydrogen-bond donors (Lipinski definition) is 2. The van der Waals surface area contributed by atoms with Gasteiger partial charge in [0, 0.05) is 5.02 Å². The van der Waals surface area contributed by atoms with E-state index in [9.17, 15) is 9.90 Å². The zero-order valence-corrected chi connectivity index (χ0v) is 12.1. The molecule has 0 spiro atoms. The van der Waals surface area contributed by atoms with E-state index in [0.717, 1.165) is 18.4 Å². The third-order valence-electron chi connectivity index (χ3n) is 3.67. The van der Waals surface area contributed by atoms with Crippen molar-refractivity contribution >= 4 is 17.5 Å². The van der Waals surface area contributed by atoms with Gasteiger partial charge in [-0.2, -0.15) is 0 Å². The van der Waals surface area contributed by atoms with Gasteiger partial charge in [0.05, 0.1) is 18.1 Å². The van der Waals surface area contributed by atoms with Crippen molar-refractivity contribution in [2.75, 3.05) is 0 Å². The normalized spacial score (nSPS) is 18.2. The summed E-state index contributed by atoms with van der Waals surface area (Å²) < 4.78 is 0. The van der Waals surface area contributed by atoms with Crippen LogP contribution in [0.5, 0.6) is 0 Å². The summed E-state index contributed by atoms with van der Waals surface area (Å²) in [6.45, 7) is 3.81. The van der Waals surface area contributed by atoms with Gasteiger partial charge in [-0.05, 0) is 36.5 Å². The van der Waals surface area contributed by atoms with Crippen LogP contribution in [0.1, 0.15) is 38.7 Å². The lowest BCUT2D eigenvalue weighted by Crippen LogP contribution is -2.37. The molecule has 4 heteroatoms. The van der Waals surface area contributed by atoms with E-state index in [-0.39, 0.29) is 23.8 Å². The van der Waals surface area contributed by atoms with Crippen LogP contribution in [0.4, 0.5) is 0 Å². The number of nitrogens with one attached hydrogen (secondary N) is 1. The maximum atomic E-state index is 12.0. The lowest BCUT2D eigenvalue weighted by molar-refractivity contribution is -0.124. The second kappa shape index (κ2) is 5.51. The second-order valence-corrected chi connectivity index (χ2v) is 6.09. The summed E-state index contributed by atoms with van der Waals surface area (Å²) in [5, 5.41) is 13.5. The van der Waals surface area contributed by atoms with Crippen molar-refractivity contribution in [2.24, 2.45) is 5.92 Å². The molecule has 0 saturated heterocycles. The van der Waals surface area contributed by atoms with Crippen molar-refractivity contribution < 1.29 is 9.90 Å². The fourth-order valence-electron chi connectivity index (χ4n) is 2.14. The van der Waals surface area contributed by atoms with E-state index in [1.807, 2.05) is 38.1 Å². The third-order valence-corrected chi connectivity index (χ3v) is 3.91. The average molecular weight is 282 g/mol. The van der Waals surface area contributed by atoms with Gasteiger partial charge < -0.3 is 10.4 Å². The first-order valence-corrected chi connectivity index (χ1v) is 7.06. The first-order valence-electron chi connectivity index (χ1n) is 6.68. The number of amides is 1. The Labute approximate surface area is 119 Å². The molecule has 0 radical (unpaired) electrons. The summed E-state index contributed by atoms with van der Waals surface area (Å²) in [6, 6.07) is 7.60. The number of hydrogen-bond acceptors (Lipinski definition) is 2. The Morgan fingerprint density at radius 3 is 2.68 bits per heavy atom. The van der Waals surface area contributed by atoms with E-state index in [1.165, 1.54) is 0 Å². The summed E-state index contributed by atoms with van der Waals surface area (Å²) in [7, 11) is 0. The Bertz CT molecular complexity index is 469. The van der Waals surface area contributed by atoms with E-state index in [4.69, 9.17) is 11.6 Å². The molecule has 0 aliphatic heterocycles. The highest BCUT2D eigenvalue weighted by Gasteiger charge is 2.45. The van der Waals surface area contributed by atoms with Crippen molar-refractivity contribution in [1.82, 2.24) is 5.32 Å². The minimum atomic E-state index is -0.588. The van der Waals surface area contributed by atoms with Crippen LogP contribution in [0.25, 0.3) is 0 Å². The largest absolute Gasteiger partial charge is 0.392 e. The molecular weight excluding hydrogens is 262 g/mol. The van der Waals surface area contributed by atoms with E-state index >= 15 is 0 Å². The van der Waals surface area contributed by atoms with Gasteiger partial charge in [0.1, 0.15) is 0 Å². The van der Waals surface area contributed by atoms with Gasteiger partial charge in [-0.25, -0.2) is 0 Å². The highest BCUT2D eigenvalue weighted by atomic mass is 35.5. The highest BCUT2D eigenvalue weighted by Crippen LogP contribution is 2.46. The van der Waals surface area contributed by atoms with E-state index in [1.54, 1.807) is 0 Å². The van der Waals surface area contributed by atoms with Crippen molar-refractivity contribution in [3.63, 3.8) is 0 Å². The van der Waals surface area contributed by atoms with Gasteiger partial charge in [0.2, 0.25) is 5.91 Å². The van der Waals surface area contributed by atoms with Crippen LogP contribution in [0.15, 0.2) is 24.3 Å². The minimum Gasteiger partial charge on any atom is -0.392 e. The SMILES string of the molecule is CC(C)C(O)CC(=O)NC1(c2cccc(Cl)c2)CC1. The van der Waals surface area contributed by atoms with E-state index in [0.29, 0.717) is 5.02 Å². The summed E-state index contributed by atoms with van der Waals surface area (Å²) in [5.74, 6) is -0.00857. The quantitative estimate of drug-likeness (QED) is 0.872. The predicted molar refractivity (Wildman–Crippen MR) is 76.0 cm³/mol. The molecule has 1 aromatic rings. The number of halogens is 1. The number of benzene rings is 1. The molecule has 1 atom stereocenters. The molecule has 19 heavy (non-hydrogen) atoms. The Morgan fingerprint density at radius 1 is 1.47 bits per heavy atom. The van der Waals surface area contributed by atoms with Crippen LogP contribution in [0.2, 0.25) is 5.02 Å². The predicted octanol–water partition coefficient (Wildman–Crippen LogP) is 2.85. The monoisotopic (exact) mass is 281 g/mol. The fraction of sp³-hybridized carbons (Fsp3) is 0.533. The zero-order chi connectivity index (χ0) is 14.0. The maximum Gasteiger partial charge on any atom is 0.223 e. The highest BCUT2D eigenvalue weighted by molar-refractivity contribution is 6.30. The van der Waals surface area contributed by atoms with Crippen molar-refractivity contribution in [1.29, 1.82) is 0 Å². The molecular formula is C15H20ClNO2. The average Bonchev–Trinajstić information content (AvgIpc) is 3.09. The maximum absolute atomic E-state index is 12.0. The first kappa shape index (κ1) is 14.4. The van der Waals surface area contributed by atoms with Gasteiger partial charge in [-0.15, -0.1) is 0 Å². The number of rotatable bonds is 5. The van der Waals surface area contributed by atoms with Gasteiger partial charge >= 0.3 is 0 Å². The molecule has 0 bridgehead atoms. The molecule has 104 valence electrons. The topological polar surface area (TPSA) is 49.3 Å². The Hall–Kier alpha value is -1.06. The number of aliphatic hydroxyl groups excluding tert-OH is 1. The van der Waals surface area contributed by atoms with Gasteiger partial charge in [-0.1, -0.05) is 37.6 Å². The smallest absolute Gasteiger partial charge is 0.223 e. The zero-order valence-electron chi connectivity index (χ0n) is 11.3. The van der Waals surface area contributed by atoms with E-state index in [2.05, 4.69) is 5.32 Å². The van der Waals surface area contributed by atoms with Gasteiger partial charge in [-0.3, -0.25) is 4.79 Å². The van der Waals surface area contributed by atoms with Crippen LogP contribution in [-0.2, 0) is 10.3 Å². The summed E-state index contributed by atoms with van der Waals surface area (Å²) in [5.41, 5.74) is 0.783. The molecule has 0 aromatic heterocycles. The molecule has 1 aliphatic carbocycles. The minimum absolute atomic E-state index is 0.0899. The molecule has 1 saturated carbocycles. The lowest BCUT2D eigenvalue weighted by atomic mass is 10.0. The molecule has 0 heterocycles. The molecule has 1 aromatic carbocycles. The fourth-order valence-corrected chi connectivity index (χ4v) is 2.33. The molecule has 1 aliphatic rings. The van der Waals surface area contributed by atoms with Crippen LogP contribution < -0.4 is 5.32 Å². The molecule has 2 rings (SSSR count). The lowest BCUT2D eigenvalue weighted by Gasteiger charge is -2.20. The Morgan fingerprint density at radius 2 is 2.16 bits per heavy atom. The molecule has 1 amide bonds. The van der Waals surface area contributed by atoms with E-state index < -0.39 is 6.10 Å². The first-order chi connectivity index (χ1) is 8.93. The third kappa shape index (κ3) is 3.48. The number of aliphatic hydroxyl groups is 1. The van der Waals surface area contributed by atoms with Gasteiger partial charge in [0.25, 0.3) is 0 Å². The van der Waals surface area contributed by atoms with Gasteiger partial charge in [0.15, 0.2) is 0 Å². The van der Waals surface area contributed by atoms with Crippen LogP contribution in [-0.4, -0.2) is 17.1 Å².